The zero-order chi connectivity index (χ0) is 23.6. The number of carbonyl (C=O) groups is 2. The maximum atomic E-state index is 11.3. The maximum Gasteiger partial charge on any atom is 0.337 e. The lowest BCUT2D eigenvalue weighted by Crippen LogP contribution is -2.29. The molecule has 0 aliphatic carbocycles. The first-order valence-corrected chi connectivity index (χ1v) is 10.9. The van der Waals surface area contributed by atoms with Gasteiger partial charge in [-0.2, -0.15) is 0 Å². The number of halogens is 1. The fraction of sp³-hybridized carbons (Fsp3) is 0.333. The molecule has 1 heterocycles. The Morgan fingerprint density at radius 1 is 1.23 bits per heavy atom. The summed E-state index contributed by atoms with van der Waals surface area (Å²) in [6.45, 7) is 0.824. The van der Waals surface area contributed by atoms with Crippen molar-refractivity contribution in [2.24, 2.45) is 16.6 Å². The van der Waals surface area contributed by atoms with E-state index in [4.69, 9.17) is 42.8 Å². The van der Waals surface area contributed by atoms with Gasteiger partial charge in [0.2, 0.25) is 10.0 Å². The van der Waals surface area contributed by atoms with Crippen LogP contribution >= 0.6 is 11.6 Å². The number of anilines is 1. The van der Waals surface area contributed by atoms with Gasteiger partial charge in [-0.3, -0.25) is 4.79 Å². The minimum Gasteiger partial charge on any atom is -0.480 e. The molecular formula is C18H25ClN4O7S. The van der Waals surface area contributed by atoms with Crippen LogP contribution in [-0.2, 0) is 21.4 Å². The van der Waals surface area contributed by atoms with E-state index >= 15 is 0 Å². The van der Waals surface area contributed by atoms with Crippen LogP contribution in [0.2, 0.25) is 5.02 Å². The Balaban J connectivity index is 0.000000407. The van der Waals surface area contributed by atoms with Gasteiger partial charge in [0, 0.05) is 0 Å². The maximum absolute atomic E-state index is 11.3. The van der Waals surface area contributed by atoms with E-state index in [0.29, 0.717) is 18.7 Å². The fourth-order valence-electron chi connectivity index (χ4n) is 2.32. The van der Waals surface area contributed by atoms with E-state index in [2.05, 4.69) is 5.32 Å². The molecule has 0 aliphatic rings. The van der Waals surface area contributed by atoms with Crippen LogP contribution in [0.25, 0.3) is 0 Å². The predicted molar refractivity (Wildman–Crippen MR) is 114 cm³/mol. The number of benzene rings is 1. The molecule has 0 aliphatic heterocycles. The topological polar surface area (TPSA) is 212 Å². The molecule has 0 radical (unpaired) electrons. The first kappa shape index (κ1) is 26.4. The van der Waals surface area contributed by atoms with Crippen molar-refractivity contribution >= 4 is 39.3 Å². The van der Waals surface area contributed by atoms with Crippen molar-refractivity contribution in [1.29, 1.82) is 0 Å². The van der Waals surface area contributed by atoms with Crippen LogP contribution in [0.5, 0.6) is 0 Å². The van der Waals surface area contributed by atoms with Crippen LogP contribution in [-0.4, -0.2) is 43.2 Å². The highest BCUT2D eigenvalue weighted by Gasteiger charge is 2.20. The quantitative estimate of drug-likeness (QED) is 0.271. The molecule has 172 valence electrons. The lowest BCUT2D eigenvalue weighted by atomic mass is 10.1. The number of nitrogens with two attached hydrogens (primary N) is 3. The fourth-order valence-corrected chi connectivity index (χ4v) is 3.42. The number of nitrogens with one attached hydrogen (secondary N) is 1. The summed E-state index contributed by atoms with van der Waals surface area (Å²) in [5.41, 5.74) is 10.3. The van der Waals surface area contributed by atoms with Gasteiger partial charge in [0.25, 0.3) is 0 Å². The van der Waals surface area contributed by atoms with Gasteiger partial charge < -0.3 is 31.4 Å². The Kier molecular flexibility index (Phi) is 10.4. The van der Waals surface area contributed by atoms with Gasteiger partial charge in [0.05, 0.1) is 29.1 Å². The van der Waals surface area contributed by atoms with Crippen molar-refractivity contribution in [2.45, 2.75) is 36.7 Å². The van der Waals surface area contributed by atoms with E-state index in [1.54, 1.807) is 12.1 Å². The molecule has 1 aromatic carbocycles. The molecule has 0 bridgehead atoms. The highest BCUT2D eigenvalue weighted by Crippen LogP contribution is 2.28. The molecule has 0 saturated carbocycles. The van der Waals surface area contributed by atoms with E-state index in [1.165, 1.54) is 12.3 Å². The Bertz CT molecular complexity index is 981. The number of hydrogen-bond acceptors (Lipinski definition) is 8. The van der Waals surface area contributed by atoms with Gasteiger partial charge in [-0.1, -0.05) is 18.0 Å². The molecule has 1 aromatic heterocycles. The lowest BCUT2D eigenvalue weighted by Gasteiger charge is -2.11. The number of carboxylic acids is 2. The second-order valence-corrected chi connectivity index (χ2v) is 8.28. The van der Waals surface area contributed by atoms with Crippen molar-refractivity contribution < 1.29 is 32.6 Å². The third-order valence-electron chi connectivity index (χ3n) is 3.93. The minimum atomic E-state index is -4.11. The van der Waals surface area contributed by atoms with Crippen LogP contribution < -0.4 is 21.9 Å². The minimum absolute atomic E-state index is 0.163. The average molecular weight is 477 g/mol. The van der Waals surface area contributed by atoms with Crippen LogP contribution in [0.4, 0.5) is 5.69 Å². The number of aromatic carboxylic acids is 1. The predicted octanol–water partition coefficient (Wildman–Crippen LogP) is 1.42. The molecule has 0 saturated heterocycles. The molecule has 0 spiro atoms. The third-order valence-corrected chi connectivity index (χ3v) is 5.30. The number of sulfonamides is 1. The number of primary sulfonamides is 1. The molecule has 2 aromatic rings. The van der Waals surface area contributed by atoms with E-state index in [-0.39, 0.29) is 22.8 Å². The van der Waals surface area contributed by atoms with Crippen LogP contribution in [0, 0.1) is 0 Å². The molecule has 2 rings (SSSR count). The number of aliphatic carboxylic acids is 1. The highest BCUT2D eigenvalue weighted by atomic mass is 35.5. The van der Waals surface area contributed by atoms with Crippen molar-refractivity contribution in [1.82, 2.24) is 0 Å². The molecule has 11 nitrogen and oxygen atoms in total. The summed E-state index contributed by atoms with van der Waals surface area (Å²) >= 11 is 5.84. The summed E-state index contributed by atoms with van der Waals surface area (Å²) in [7, 11) is -4.11. The van der Waals surface area contributed by atoms with Crippen molar-refractivity contribution in [2.75, 3.05) is 11.9 Å². The van der Waals surface area contributed by atoms with Crippen molar-refractivity contribution in [3.05, 3.63) is 46.9 Å². The van der Waals surface area contributed by atoms with E-state index < -0.39 is 32.9 Å². The number of furan rings is 1. The van der Waals surface area contributed by atoms with Gasteiger partial charge >= 0.3 is 11.9 Å². The standard InChI is InChI=1S/C12H11ClN2O5S.C6H14N2O2/c13-9-5-10(15-6-7-2-1-3-20-7)8(12(16)17)4-11(9)21(14,18)19;7-4-2-1-3-5(8)6(9)10/h1-5,15H,6H2,(H,16,17)(H2,14,18,19);5H,1-4,7-8H2,(H,9,10)/t;5-/m.0/s1. The largest absolute Gasteiger partial charge is 0.480 e. The van der Waals surface area contributed by atoms with Gasteiger partial charge in [-0.15, -0.1) is 0 Å². The van der Waals surface area contributed by atoms with Crippen molar-refractivity contribution in [3.63, 3.8) is 0 Å². The van der Waals surface area contributed by atoms with Crippen LogP contribution in [0.1, 0.15) is 35.4 Å². The smallest absolute Gasteiger partial charge is 0.337 e. The summed E-state index contributed by atoms with van der Waals surface area (Å²) in [6, 6.07) is 4.80. The van der Waals surface area contributed by atoms with Gasteiger partial charge in [-0.05, 0) is 43.7 Å². The number of rotatable bonds is 10. The zero-order valence-corrected chi connectivity index (χ0v) is 18.0. The highest BCUT2D eigenvalue weighted by molar-refractivity contribution is 7.89. The first-order chi connectivity index (χ1) is 14.5. The van der Waals surface area contributed by atoms with Crippen LogP contribution in [0.3, 0.4) is 0 Å². The second-order valence-electron chi connectivity index (χ2n) is 6.34. The summed E-state index contributed by atoms with van der Waals surface area (Å²) < 4.78 is 27.8. The number of carboxylic acid groups (broad SMARTS) is 2. The monoisotopic (exact) mass is 476 g/mol. The summed E-state index contributed by atoms with van der Waals surface area (Å²) in [4.78, 5) is 20.9. The Labute approximate surface area is 184 Å². The molecule has 0 unspecified atom stereocenters. The number of hydrogen-bond donors (Lipinski definition) is 6. The summed E-state index contributed by atoms with van der Waals surface area (Å²) in [5.74, 6) is -1.66. The van der Waals surface area contributed by atoms with E-state index in [0.717, 1.165) is 18.9 Å². The second kappa shape index (κ2) is 12.3. The normalized spacial score (nSPS) is 11.9. The summed E-state index contributed by atoms with van der Waals surface area (Å²) in [6.07, 6.45) is 3.64. The molecule has 13 heteroatoms. The lowest BCUT2D eigenvalue weighted by molar-refractivity contribution is -0.138. The van der Waals surface area contributed by atoms with Crippen LogP contribution in [0.15, 0.2) is 39.8 Å². The van der Waals surface area contributed by atoms with E-state index in [9.17, 15) is 18.0 Å². The molecule has 31 heavy (non-hydrogen) atoms. The third kappa shape index (κ3) is 8.94. The SMILES string of the molecule is NCCCC[C@H](N)C(=O)O.NS(=O)(=O)c1cc(C(=O)O)c(NCc2ccco2)cc1Cl. The Morgan fingerprint density at radius 2 is 1.90 bits per heavy atom. The first-order valence-electron chi connectivity index (χ1n) is 9.01. The molecule has 0 amide bonds. The van der Waals surface area contributed by atoms with E-state index in [1.807, 2.05) is 0 Å². The Hall–Kier alpha value is -2.64. The Morgan fingerprint density at radius 3 is 2.39 bits per heavy atom. The average Bonchev–Trinajstić information content (AvgIpc) is 3.19. The van der Waals surface area contributed by atoms with Crippen molar-refractivity contribution in [3.8, 4) is 0 Å². The molecule has 0 fully saturated rings. The van der Waals surface area contributed by atoms with Gasteiger partial charge in [0.1, 0.15) is 16.7 Å². The number of unbranched alkanes of at least 4 members (excludes halogenated alkanes) is 1. The summed E-state index contributed by atoms with van der Waals surface area (Å²) in [5, 5.41) is 25.1. The molecule has 9 N–H and O–H groups in total. The zero-order valence-electron chi connectivity index (χ0n) is 16.5. The van der Waals surface area contributed by atoms with Gasteiger partial charge in [-0.25, -0.2) is 18.4 Å². The molecule has 1 atom stereocenters. The van der Waals surface area contributed by atoms with Gasteiger partial charge in [0.15, 0.2) is 0 Å². The molecular weight excluding hydrogens is 452 g/mol.